The van der Waals surface area contributed by atoms with Crippen LogP contribution in [0.25, 0.3) is 0 Å². The molecule has 3 aliphatic heterocycles. The highest BCUT2D eigenvalue weighted by Gasteiger charge is 2.44. The van der Waals surface area contributed by atoms with Crippen LogP contribution >= 0.6 is 0 Å². The zero-order valence-corrected chi connectivity index (χ0v) is 11.0. The highest BCUT2D eigenvalue weighted by Crippen LogP contribution is 2.40. The van der Waals surface area contributed by atoms with E-state index in [0.29, 0.717) is 11.5 Å². The number of rotatable bonds is 1. The molecular formula is C13H26N2. The molecule has 0 aromatic rings. The Balaban J connectivity index is 2.21. The Hall–Kier alpha value is -0.0800. The first-order valence-electron chi connectivity index (χ1n) is 6.34. The van der Waals surface area contributed by atoms with Crippen LogP contribution in [0.5, 0.6) is 0 Å². The normalized spacial score (nSPS) is 37.2. The van der Waals surface area contributed by atoms with E-state index in [2.05, 4.69) is 44.5 Å². The minimum atomic E-state index is 0.501. The molecule has 0 aliphatic carbocycles. The molecular weight excluding hydrogens is 184 g/mol. The molecule has 2 bridgehead atoms. The van der Waals surface area contributed by atoms with Gasteiger partial charge in [-0.3, -0.25) is 4.90 Å². The fourth-order valence-electron chi connectivity index (χ4n) is 3.63. The Labute approximate surface area is 94.6 Å². The molecule has 0 aromatic carbocycles. The minimum Gasteiger partial charge on any atom is -0.301 e. The molecule has 3 aliphatic rings. The van der Waals surface area contributed by atoms with Gasteiger partial charge >= 0.3 is 0 Å². The van der Waals surface area contributed by atoms with E-state index in [0.717, 1.165) is 12.0 Å². The van der Waals surface area contributed by atoms with Crippen LogP contribution in [0, 0.1) is 11.3 Å². The molecule has 2 heteroatoms. The highest BCUT2D eigenvalue weighted by atomic mass is 15.3. The van der Waals surface area contributed by atoms with E-state index < -0.39 is 0 Å². The van der Waals surface area contributed by atoms with Crippen molar-refractivity contribution in [1.82, 2.24) is 9.80 Å². The molecule has 2 unspecified atom stereocenters. The lowest BCUT2D eigenvalue weighted by Crippen LogP contribution is -2.51. The van der Waals surface area contributed by atoms with Gasteiger partial charge in [-0.2, -0.15) is 0 Å². The van der Waals surface area contributed by atoms with Gasteiger partial charge in [-0.25, -0.2) is 0 Å². The number of fused-ring (bicyclic) bond motifs is 4. The van der Waals surface area contributed by atoms with Crippen molar-refractivity contribution in [3.8, 4) is 0 Å². The van der Waals surface area contributed by atoms with Crippen LogP contribution in [0.15, 0.2) is 0 Å². The summed E-state index contributed by atoms with van der Waals surface area (Å²) in [5.41, 5.74) is 0.501. The van der Waals surface area contributed by atoms with Crippen LogP contribution in [0.2, 0.25) is 0 Å². The number of hydrogen-bond acceptors (Lipinski definition) is 2. The van der Waals surface area contributed by atoms with Crippen molar-refractivity contribution in [2.24, 2.45) is 11.3 Å². The molecule has 3 fully saturated rings. The highest BCUT2D eigenvalue weighted by molar-refractivity contribution is 4.98. The second kappa shape index (κ2) is 3.74. The summed E-state index contributed by atoms with van der Waals surface area (Å²) < 4.78 is 0. The Bertz CT molecular complexity index is 235. The smallest absolute Gasteiger partial charge is 0.0271 e. The van der Waals surface area contributed by atoms with E-state index in [1.54, 1.807) is 0 Å². The second-order valence-electron chi connectivity index (χ2n) is 6.56. The molecule has 2 atom stereocenters. The van der Waals surface area contributed by atoms with Crippen molar-refractivity contribution in [3.05, 3.63) is 0 Å². The van der Waals surface area contributed by atoms with Gasteiger partial charge in [-0.05, 0) is 38.6 Å². The van der Waals surface area contributed by atoms with Crippen LogP contribution in [0.4, 0.5) is 0 Å². The van der Waals surface area contributed by atoms with Gasteiger partial charge in [0, 0.05) is 31.7 Å². The molecule has 15 heavy (non-hydrogen) atoms. The monoisotopic (exact) mass is 210 g/mol. The molecule has 0 saturated carbocycles. The Kier molecular flexibility index (Phi) is 2.85. The van der Waals surface area contributed by atoms with Gasteiger partial charge in [-0.15, -0.1) is 0 Å². The van der Waals surface area contributed by atoms with E-state index in [1.807, 2.05) is 0 Å². The summed E-state index contributed by atoms with van der Waals surface area (Å²) in [4.78, 5) is 5.27. The summed E-state index contributed by atoms with van der Waals surface area (Å²) >= 11 is 0. The molecule has 2 nitrogen and oxygen atoms in total. The fourth-order valence-corrected chi connectivity index (χ4v) is 3.63. The Morgan fingerprint density at radius 2 is 1.80 bits per heavy atom. The zero-order chi connectivity index (χ0) is 11.2. The van der Waals surface area contributed by atoms with Crippen LogP contribution < -0.4 is 0 Å². The third kappa shape index (κ3) is 2.07. The van der Waals surface area contributed by atoms with Gasteiger partial charge < -0.3 is 4.90 Å². The lowest BCUT2D eigenvalue weighted by Gasteiger charge is -2.45. The molecule has 0 radical (unpaired) electrons. The van der Waals surface area contributed by atoms with E-state index in [9.17, 15) is 0 Å². The third-order valence-corrected chi connectivity index (χ3v) is 4.43. The first-order chi connectivity index (χ1) is 6.90. The van der Waals surface area contributed by atoms with Crippen LogP contribution in [-0.4, -0.2) is 48.6 Å². The van der Waals surface area contributed by atoms with E-state index in [-0.39, 0.29) is 0 Å². The largest absolute Gasteiger partial charge is 0.301 e. The van der Waals surface area contributed by atoms with Crippen molar-refractivity contribution in [3.63, 3.8) is 0 Å². The predicted molar refractivity (Wildman–Crippen MR) is 65.0 cm³/mol. The average Bonchev–Trinajstić information content (AvgIpc) is 2.29. The summed E-state index contributed by atoms with van der Waals surface area (Å²) in [7, 11) is 2.31. The number of piperidine rings is 1. The van der Waals surface area contributed by atoms with Gasteiger partial charge in [-0.1, -0.05) is 13.8 Å². The Morgan fingerprint density at radius 3 is 2.33 bits per heavy atom. The van der Waals surface area contributed by atoms with Crippen molar-refractivity contribution in [2.45, 2.75) is 46.2 Å². The summed E-state index contributed by atoms with van der Waals surface area (Å²) in [5, 5.41) is 0. The van der Waals surface area contributed by atoms with Gasteiger partial charge in [0.15, 0.2) is 0 Å². The van der Waals surface area contributed by atoms with Gasteiger partial charge in [0.05, 0.1) is 0 Å². The number of nitrogens with zero attached hydrogens (tertiary/aromatic N) is 2. The van der Waals surface area contributed by atoms with Crippen molar-refractivity contribution >= 4 is 0 Å². The molecule has 0 aromatic heterocycles. The molecule has 0 amide bonds. The Morgan fingerprint density at radius 1 is 1.13 bits per heavy atom. The van der Waals surface area contributed by atoms with Gasteiger partial charge in [0.25, 0.3) is 0 Å². The maximum absolute atomic E-state index is 2.67. The maximum atomic E-state index is 2.67. The summed E-state index contributed by atoms with van der Waals surface area (Å²) in [6.45, 7) is 13.4. The SMILES string of the molecule is CC(C)N1CC2CN(C)C(C1)C(C)(C)C2. The fraction of sp³-hybridized carbons (Fsp3) is 1.00. The van der Waals surface area contributed by atoms with Crippen molar-refractivity contribution in [1.29, 1.82) is 0 Å². The average molecular weight is 210 g/mol. The standard InChI is InChI=1S/C13H26N2/c1-10(2)15-8-11-6-13(3,4)12(9-15)14(5)7-11/h10-12H,6-9H2,1-5H3. The van der Waals surface area contributed by atoms with Crippen LogP contribution in [-0.2, 0) is 0 Å². The molecule has 3 rings (SSSR count). The van der Waals surface area contributed by atoms with Crippen molar-refractivity contribution < 1.29 is 0 Å². The molecule has 0 spiro atoms. The molecule has 88 valence electrons. The number of hydrogen-bond donors (Lipinski definition) is 0. The first-order valence-corrected chi connectivity index (χ1v) is 6.34. The molecule has 3 heterocycles. The first kappa shape index (κ1) is 11.4. The van der Waals surface area contributed by atoms with Gasteiger partial charge in [0.2, 0.25) is 0 Å². The lowest BCUT2D eigenvalue weighted by atomic mass is 9.74. The lowest BCUT2D eigenvalue weighted by molar-refractivity contribution is 0.0433. The summed E-state index contributed by atoms with van der Waals surface area (Å²) in [6, 6.07) is 1.45. The number of likely N-dealkylation sites (N-methyl/N-ethyl adjacent to an activating group) is 1. The third-order valence-electron chi connectivity index (χ3n) is 4.43. The molecule has 0 N–H and O–H groups in total. The van der Waals surface area contributed by atoms with Gasteiger partial charge in [0.1, 0.15) is 0 Å². The maximum Gasteiger partial charge on any atom is 0.0271 e. The van der Waals surface area contributed by atoms with E-state index in [1.165, 1.54) is 26.1 Å². The van der Waals surface area contributed by atoms with E-state index >= 15 is 0 Å². The zero-order valence-electron chi connectivity index (χ0n) is 11.0. The topological polar surface area (TPSA) is 6.48 Å². The predicted octanol–water partition coefficient (Wildman–Crippen LogP) is 2.06. The molecule has 3 saturated heterocycles. The van der Waals surface area contributed by atoms with Crippen molar-refractivity contribution in [2.75, 3.05) is 26.7 Å². The quantitative estimate of drug-likeness (QED) is 0.653. The minimum absolute atomic E-state index is 0.501. The van der Waals surface area contributed by atoms with E-state index in [4.69, 9.17) is 0 Å². The summed E-state index contributed by atoms with van der Waals surface area (Å²) in [5.74, 6) is 0.881. The van der Waals surface area contributed by atoms with Crippen LogP contribution in [0.3, 0.4) is 0 Å². The van der Waals surface area contributed by atoms with Crippen LogP contribution in [0.1, 0.15) is 34.1 Å². The second-order valence-corrected chi connectivity index (χ2v) is 6.56. The summed E-state index contributed by atoms with van der Waals surface area (Å²) in [6.07, 6.45) is 1.41.